The van der Waals surface area contributed by atoms with E-state index in [1.54, 1.807) is 0 Å². The molecule has 3 nitrogen and oxygen atoms in total. The Morgan fingerprint density at radius 3 is 2.89 bits per heavy atom. The lowest BCUT2D eigenvalue weighted by Crippen LogP contribution is -1.98. The summed E-state index contributed by atoms with van der Waals surface area (Å²) < 4.78 is 0. The molecule has 4 heteroatoms. The van der Waals surface area contributed by atoms with Gasteiger partial charge in [-0.25, -0.2) is 9.97 Å². The first-order valence-corrected chi connectivity index (χ1v) is 6.70. The molecule has 0 saturated carbocycles. The highest BCUT2D eigenvalue weighted by atomic mass is 35.5. The van der Waals surface area contributed by atoms with Gasteiger partial charge in [-0.2, -0.15) is 0 Å². The molecule has 1 aliphatic rings. The Morgan fingerprint density at radius 2 is 2.05 bits per heavy atom. The van der Waals surface area contributed by atoms with Crippen LogP contribution in [0.3, 0.4) is 0 Å². The predicted molar refractivity (Wildman–Crippen MR) is 76.9 cm³/mol. The van der Waals surface area contributed by atoms with Crippen molar-refractivity contribution in [3.05, 3.63) is 57.6 Å². The Balaban J connectivity index is 1.73. The molecule has 3 rings (SSSR count). The molecule has 0 amide bonds. The van der Waals surface area contributed by atoms with E-state index in [4.69, 9.17) is 11.6 Å². The van der Waals surface area contributed by atoms with Gasteiger partial charge < -0.3 is 0 Å². The molecule has 0 unspecified atom stereocenters. The van der Waals surface area contributed by atoms with Gasteiger partial charge in [-0.1, -0.05) is 12.1 Å². The van der Waals surface area contributed by atoms with Crippen molar-refractivity contribution >= 4 is 17.8 Å². The number of aromatic nitrogens is 2. The summed E-state index contributed by atoms with van der Waals surface area (Å²) in [6.45, 7) is 2.75. The number of aliphatic imine (C=N–C) groups is 1. The summed E-state index contributed by atoms with van der Waals surface area (Å²) in [5.74, 6) is 0. The average molecular weight is 272 g/mol. The van der Waals surface area contributed by atoms with Gasteiger partial charge in [0.15, 0.2) is 0 Å². The lowest BCUT2D eigenvalue weighted by Gasteiger charge is -2.05. The molecule has 0 fully saturated rings. The summed E-state index contributed by atoms with van der Waals surface area (Å²) >= 11 is 5.87. The highest BCUT2D eigenvalue weighted by Crippen LogP contribution is 2.17. The van der Waals surface area contributed by atoms with Crippen molar-refractivity contribution in [3.8, 4) is 0 Å². The van der Waals surface area contributed by atoms with Gasteiger partial charge in [-0.15, -0.1) is 0 Å². The molecule has 2 aromatic rings. The van der Waals surface area contributed by atoms with Crippen molar-refractivity contribution in [2.75, 3.05) is 0 Å². The van der Waals surface area contributed by atoms with Crippen LogP contribution in [0.5, 0.6) is 0 Å². The van der Waals surface area contributed by atoms with Gasteiger partial charge >= 0.3 is 0 Å². The quantitative estimate of drug-likeness (QED) is 0.805. The third-order valence-electron chi connectivity index (χ3n) is 3.25. The van der Waals surface area contributed by atoms with E-state index in [0.717, 1.165) is 30.8 Å². The molecule has 0 radical (unpaired) electrons. The van der Waals surface area contributed by atoms with Crippen LogP contribution in [0.4, 0.5) is 0 Å². The molecule has 1 aliphatic heterocycles. The Kier molecular flexibility index (Phi) is 3.30. The maximum Gasteiger partial charge on any atom is 0.222 e. The first-order chi connectivity index (χ1) is 9.20. The van der Waals surface area contributed by atoms with Gasteiger partial charge in [-0.05, 0) is 60.2 Å². The average Bonchev–Trinajstić information content (AvgIpc) is 2.82. The zero-order chi connectivity index (χ0) is 13.2. The minimum Gasteiger partial charge on any atom is -0.288 e. The highest BCUT2D eigenvalue weighted by molar-refractivity contribution is 6.28. The molecule has 0 atom stereocenters. The first kappa shape index (κ1) is 12.3. The van der Waals surface area contributed by atoms with Crippen molar-refractivity contribution in [2.45, 2.75) is 26.3 Å². The molecule has 0 aliphatic carbocycles. The normalized spacial score (nSPS) is 12.7. The topological polar surface area (TPSA) is 38.1 Å². The summed E-state index contributed by atoms with van der Waals surface area (Å²) in [7, 11) is 0. The summed E-state index contributed by atoms with van der Waals surface area (Å²) in [6.07, 6.45) is 3.78. The van der Waals surface area contributed by atoms with E-state index >= 15 is 0 Å². The van der Waals surface area contributed by atoms with E-state index in [9.17, 15) is 0 Å². The summed E-state index contributed by atoms with van der Waals surface area (Å²) in [5, 5.41) is 0.330. The molecule has 2 heterocycles. The molecular formula is C15H14ClN3. The number of nitrogens with zero attached hydrogens (tertiary/aromatic N) is 3. The first-order valence-electron chi connectivity index (χ1n) is 6.32. The minimum absolute atomic E-state index is 0.330. The molecular weight excluding hydrogens is 258 g/mol. The number of fused-ring (bicyclic) bond motifs is 1. The van der Waals surface area contributed by atoms with Gasteiger partial charge in [0.2, 0.25) is 5.28 Å². The zero-order valence-corrected chi connectivity index (χ0v) is 11.5. The van der Waals surface area contributed by atoms with E-state index < -0.39 is 0 Å². The van der Waals surface area contributed by atoms with Gasteiger partial charge in [-0.3, -0.25) is 4.99 Å². The number of hydrogen-bond acceptors (Lipinski definition) is 3. The van der Waals surface area contributed by atoms with Crippen molar-refractivity contribution in [3.63, 3.8) is 0 Å². The lowest BCUT2D eigenvalue weighted by molar-refractivity contribution is 0.891. The highest BCUT2D eigenvalue weighted by Gasteiger charge is 2.07. The maximum absolute atomic E-state index is 5.87. The fourth-order valence-electron chi connectivity index (χ4n) is 2.30. The SMILES string of the molecule is Cc1cc(CCc2ccc3c(c2)C=NC3)nc(Cl)n1. The summed E-state index contributed by atoms with van der Waals surface area (Å²) in [4.78, 5) is 12.6. The molecule has 19 heavy (non-hydrogen) atoms. The van der Waals surface area contributed by atoms with E-state index in [1.807, 2.05) is 19.2 Å². The number of benzene rings is 1. The lowest BCUT2D eigenvalue weighted by atomic mass is 10.0. The standard InChI is InChI=1S/C15H14ClN3/c1-10-6-14(19-15(16)18-10)5-3-11-2-4-12-8-17-9-13(12)7-11/h2,4,6-7,9H,3,5,8H2,1H3. The Hall–Kier alpha value is -1.74. The van der Waals surface area contributed by atoms with Crippen LogP contribution in [-0.4, -0.2) is 16.2 Å². The van der Waals surface area contributed by atoms with Crippen LogP contribution in [0.2, 0.25) is 5.28 Å². The number of hydrogen-bond donors (Lipinski definition) is 0. The summed E-state index contributed by atoms with van der Waals surface area (Å²) in [6, 6.07) is 8.53. The number of aryl methyl sites for hydroxylation is 3. The molecule has 96 valence electrons. The largest absolute Gasteiger partial charge is 0.288 e. The van der Waals surface area contributed by atoms with Crippen LogP contribution in [-0.2, 0) is 19.4 Å². The maximum atomic E-state index is 5.87. The van der Waals surface area contributed by atoms with Gasteiger partial charge in [0.25, 0.3) is 0 Å². The van der Waals surface area contributed by atoms with Gasteiger partial charge in [0, 0.05) is 17.6 Å². The van der Waals surface area contributed by atoms with Crippen LogP contribution in [0.25, 0.3) is 0 Å². The Labute approximate surface area is 117 Å². The van der Waals surface area contributed by atoms with Gasteiger partial charge in [0.1, 0.15) is 0 Å². The van der Waals surface area contributed by atoms with Crippen LogP contribution >= 0.6 is 11.6 Å². The smallest absolute Gasteiger partial charge is 0.222 e. The zero-order valence-electron chi connectivity index (χ0n) is 10.7. The summed E-state index contributed by atoms with van der Waals surface area (Å²) in [5.41, 5.74) is 5.77. The second-order valence-electron chi connectivity index (χ2n) is 4.77. The Morgan fingerprint density at radius 1 is 1.16 bits per heavy atom. The molecule has 0 N–H and O–H groups in total. The Bertz CT molecular complexity index is 630. The minimum atomic E-state index is 0.330. The van der Waals surface area contributed by atoms with Crippen molar-refractivity contribution in [1.29, 1.82) is 0 Å². The van der Waals surface area contributed by atoms with Crippen molar-refractivity contribution < 1.29 is 0 Å². The van der Waals surface area contributed by atoms with Crippen molar-refractivity contribution in [2.24, 2.45) is 4.99 Å². The molecule has 0 spiro atoms. The van der Waals surface area contributed by atoms with E-state index in [1.165, 1.54) is 16.7 Å². The van der Waals surface area contributed by atoms with Gasteiger partial charge in [0.05, 0.1) is 6.54 Å². The molecule has 0 saturated heterocycles. The molecule has 1 aromatic heterocycles. The molecule has 1 aromatic carbocycles. The van der Waals surface area contributed by atoms with Crippen LogP contribution in [0, 0.1) is 6.92 Å². The second-order valence-corrected chi connectivity index (χ2v) is 5.11. The van der Waals surface area contributed by atoms with Crippen LogP contribution in [0.1, 0.15) is 28.1 Å². The fourth-order valence-corrected chi connectivity index (χ4v) is 2.54. The number of rotatable bonds is 3. The van der Waals surface area contributed by atoms with Crippen molar-refractivity contribution in [1.82, 2.24) is 9.97 Å². The van der Waals surface area contributed by atoms with Crippen LogP contribution < -0.4 is 0 Å². The van der Waals surface area contributed by atoms with E-state index in [-0.39, 0.29) is 0 Å². The molecule has 0 bridgehead atoms. The predicted octanol–water partition coefficient (Wildman–Crippen LogP) is 3.16. The van der Waals surface area contributed by atoms with E-state index in [2.05, 4.69) is 33.2 Å². The third-order valence-corrected chi connectivity index (χ3v) is 3.42. The second kappa shape index (κ2) is 5.10. The monoisotopic (exact) mass is 271 g/mol. The third kappa shape index (κ3) is 2.82. The number of halogens is 1. The van der Waals surface area contributed by atoms with E-state index in [0.29, 0.717) is 5.28 Å². The fraction of sp³-hybridized carbons (Fsp3) is 0.267. The van der Waals surface area contributed by atoms with Crippen LogP contribution in [0.15, 0.2) is 29.3 Å².